The number of benzene rings is 2. The number of aromatic nitrogens is 2. The summed E-state index contributed by atoms with van der Waals surface area (Å²) in [5.74, 6) is -0.0731. The second-order valence-corrected chi connectivity index (χ2v) is 9.80. The lowest BCUT2D eigenvalue weighted by molar-refractivity contribution is -0.117. The molecule has 2 aromatic carbocycles. The fourth-order valence-electron chi connectivity index (χ4n) is 4.30. The Morgan fingerprint density at radius 1 is 1.06 bits per heavy atom. The first-order chi connectivity index (χ1) is 16.5. The largest absolute Gasteiger partial charge is 0.351 e. The van der Waals surface area contributed by atoms with Crippen molar-refractivity contribution in [2.45, 2.75) is 13.3 Å². The number of hydrogen-bond donors (Lipinski definition) is 2. The first-order valence-corrected chi connectivity index (χ1v) is 12.2. The number of piperazine rings is 1. The lowest BCUT2D eigenvalue weighted by Gasteiger charge is -2.34. The number of para-hydroxylation sites is 1. The van der Waals surface area contributed by atoms with E-state index in [1.165, 1.54) is 22.5 Å². The molecule has 3 heterocycles. The van der Waals surface area contributed by atoms with Crippen molar-refractivity contribution in [2.24, 2.45) is 0 Å². The van der Waals surface area contributed by atoms with E-state index in [0.29, 0.717) is 43.5 Å². The Morgan fingerprint density at radius 2 is 1.88 bits per heavy atom. The van der Waals surface area contributed by atoms with E-state index in [1.54, 1.807) is 0 Å². The number of anilines is 1. The highest BCUT2D eigenvalue weighted by Gasteiger charge is 2.24. The normalized spacial score (nSPS) is 14.4. The van der Waals surface area contributed by atoms with Gasteiger partial charge in [-0.25, -0.2) is 4.98 Å². The van der Waals surface area contributed by atoms with Crippen LogP contribution in [-0.4, -0.2) is 64.3 Å². The van der Waals surface area contributed by atoms with E-state index in [4.69, 9.17) is 0 Å². The van der Waals surface area contributed by atoms with Crippen molar-refractivity contribution in [1.82, 2.24) is 19.8 Å². The highest BCUT2D eigenvalue weighted by atomic mass is 32.1. The number of thiazole rings is 1. The zero-order valence-corrected chi connectivity index (χ0v) is 19.9. The van der Waals surface area contributed by atoms with Gasteiger partial charge in [0.15, 0.2) is 5.13 Å². The molecule has 0 unspecified atom stereocenters. The molecular formula is C26H27N5O2S. The van der Waals surface area contributed by atoms with Crippen molar-refractivity contribution in [1.29, 1.82) is 0 Å². The van der Waals surface area contributed by atoms with Gasteiger partial charge < -0.3 is 15.2 Å². The average molecular weight is 474 g/mol. The zero-order chi connectivity index (χ0) is 23.5. The molecule has 7 nitrogen and oxygen atoms in total. The van der Waals surface area contributed by atoms with Gasteiger partial charge >= 0.3 is 0 Å². The number of hydrogen-bond acceptors (Lipinski definition) is 5. The summed E-state index contributed by atoms with van der Waals surface area (Å²) in [6, 6.07) is 18.2. The standard InChI is InChI=1S/C26H27N5O2S/c1-18-5-4-6-19(13-18)14-21-16-27-26(34-21)29-24(32)17-30-9-11-31(12-10-30)25(33)23-15-20-7-2-3-8-22(20)28-23/h2-8,13,15-16,28H,9-12,14,17H2,1H3,(H,27,29,32). The minimum atomic E-state index is -0.0770. The first kappa shape index (κ1) is 22.3. The Kier molecular flexibility index (Phi) is 6.42. The zero-order valence-electron chi connectivity index (χ0n) is 19.1. The van der Waals surface area contributed by atoms with Crippen LogP contribution in [0.1, 0.15) is 26.5 Å². The van der Waals surface area contributed by atoms with Gasteiger partial charge in [-0.15, -0.1) is 11.3 Å². The predicted octanol–water partition coefficient (Wildman–Crippen LogP) is 3.92. The van der Waals surface area contributed by atoms with Gasteiger partial charge in [0.2, 0.25) is 5.91 Å². The molecule has 2 N–H and O–H groups in total. The van der Waals surface area contributed by atoms with Crippen LogP contribution in [0.25, 0.3) is 10.9 Å². The summed E-state index contributed by atoms with van der Waals surface area (Å²) in [6.07, 6.45) is 2.64. The number of nitrogens with one attached hydrogen (secondary N) is 2. The maximum Gasteiger partial charge on any atom is 0.270 e. The monoisotopic (exact) mass is 473 g/mol. The van der Waals surface area contributed by atoms with E-state index in [-0.39, 0.29) is 11.8 Å². The van der Waals surface area contributed by atoms with Crippen LogP contribution in [0.5, 0.6) is 0 Å². The Bertz CT molecular complexity index is 1290. The smallest absolute Gasteiger partial charge is 0.270 e. The molecule has 1 saturated heterocycles. The van der Waals surface area contributed by atoms with Crippen LogP contribution in [0.3, 0.4) is 0 Å². The second-order valence-electron chi connectivity index (χ2n) is 8.68. The minimum absolute atomic E-state index is 0.00391. The number of rotatable bonds is 6. The van der Waals surface area contributed by atoms with Crippen molar-refractivity contribution in [2.75, 3.05) is 38.0 Å². The van der Waals surface area contributed by atoms with E-state index < -0.39 is 0 Å². The van der Waals surface area contributed by atoms with Crippen LogP contribution in [0.4, 0.5) is 5.13 Å². The molecule has 5 rings (SSSR count). The molecule has 1 fully saturated rings. The van der Waals surface area contributed by atoms with Crippen LogP contribution in [0.15, 0.2) is 60.8 Å². The molecule has 8 heteroatoms. The van der Waals surface area contributed by atoms with E-state index in [2.05, 4.69) is 51.4 Å². The third kappa shape index (κ3) is 5.18. The molecule has 0 aliphatic carbocycles. The maximum absolute atomic E-state index is 12.9. The van der Waals surface area contributed by atoms with Crippen LogP contribution in [-0.2, 0) is 11.2 Å². The number of carbonyl (C=O) groups excluding carboxylic acids is 2. The molecular weight excluding hydrogens is 446 g/mol. The number of carbonyl (C=O) groups is 2. The number of H-pyrrole nitrogens is 1. The average Bonchev–Trinajstić information content (AvgIpc) is 3.46. The molecule has 1 aliphatic heterocycles. The molecule has 0 radical (unpaired) electrons. The summed E-state index contributed by atoms with van der Waals surface area (Å²) in [6.45, 7) is 4.89. The molecule has 0 saturated carbocycles. The number of aryl methyl sites for hydroxylation is 1. The lowest BCUT2D eigenvalue weighted by Crippen LogP contribution is -2.50. The Morgan fingerprint density at radius 3 is 2.68 bits per heavy atom. The fourth-order valence-corrected chi connectivity index (χ4v) is 5.16. The quantitative estimate of drug-likeness (QED) is 0.445. The Labute approximate surface area is 202 Å². The molecule has 34 heavy (non-hydrogen) atoms. The van der Waals surface area contributed by atoms with Crippen molar-refractivity contribution in [3.63, 3.8) is 0 Å². The van der Waals surface area contributed by atoms with Gasteiger partial charge in [0.25, 0.3) is 5.91 Å². The van der Waals surface area contributed by atoms with Gasteiger partial charge in [-0.2, -0.15) is 0 Å². The molecule has 4 aromatic rings. The predicted molar refractivity (Wildman–Crippen MR) is 135 cm³/mol. The highest BCUT2D eigenvalue weighted by molar-refractivity contribution is 7.15. The summed E-state index contributed by atoms with van der Waals surface area (Å²) < 4.78 is 0. The molecule has 174 valence electrons. The molecule has 2 aromatic heterocycles. The minimum Gasteiger partial charge on any atom is -0.351 e. The molecule has 0 atom stereocenters. The third-order valence-corrected chi connectivity index (χ3v) is 6.96. The number of nitrogens with zero attached hydrogens (tertiary/aromatic N) is 3. The number of amides is 2. The fraction of sp³-hybridized carbons (Fsp3) is 0.269. The summed E-state index contributed by atoms with van der Waals surface area (Å²) in [5, 5.41) is 4.58. The number of aromatic amines is 1. The van der Waals surface area contributed by atoms with Gasteiger partial charge in [0, 0.05) is 54.6 Å². The molecule has 0 spiro atoms. The van der Waals surface area contributed by atoms with E-state index in [9.17, 15) is 9.59 Å². The van der Waals surface area contributed by atoms with Crippen molar-refractivity contribution >= 4 is 39.2 Å². The van der Waals surface area contributed by atoms with Crippen molar-refractivity contribution < 1.29 is 9.59 Å². The highest BCUT2D eigenvalue weighted by Crippen LogP contribution is 2.22. The van der Waals surface area contributed by atoms with E-state index in [1.807, 2.05) is 41.4 Å². The third-order valence-electron chi connectivity index (χ3n) is 6.05. The van der Waals surface area contributed by atoms with Crippen LogP contribution in [0.2, 0.25) is 0 Å². The topological polar surface area (TPSA) is 81.3 Å². The van der Waals surface area contributed by atoms with Crippen LogP contribution in [0, 0.1) is 6.92 Å². The van der Waals surface area contributed by atoms with Crippen molar-refractivity contribution in [3.8, 4) is 0 Å². The summed E-state index contributed by atoms with van der Waals surface area (Å²) in [7, 11) is 0. The number of fused-ring (bicyclic) bond motifs is 1. The van der Waals surface area contributed by atoms with Gasteiger partial charge in [0.05, 0.1) is 6.54 Å². The Hall–Kier alpha value is -3.49. The second kappa shape index (κ2) is 9.79. The van der Waals surface area contributed by atoms with E-state index in [0.717, 1.165) is 22.2 Å². The summed E-state index contributed by atoms with van der Waals surface area (Å²) >= 11 is 1.51. The van der Waals surface area contributed by atoms with Gasteiger partial charge in [-0.3, -0.25) is 14.5 Å². The Balaban J connectivity index is 1.10. The summed E-state index contributed by atoms with van der Waals surface area (Å²) in [5.41, 5.74) is 4.04. The van der Waals surface area contributed by atoms with Gasteiger partial charge in [-0.05, 0) is 24.6 Å². The van der Waals surface area contributed by atoms with Crippen LogP contribution >= 0.6 is 11.3 Å². The SMILES string of the molecule is Cc1cccc(Cc2cnc(NC(=O)CN3CCN(C(=O)c4cc5ccccc5[nH]4)CC3)s2)c1. The lowest BCUT2D eigenvalue weighted by atomic mass is 10.1. The first-order valence-electron chi connectivity index (χ1n) is 11.4. The van der Waals surface area contributed by atoms with E-state index >= 15 is 0 Å². The van der Waals surface area contributed by atoms with Gasteiger partial charge in [0.1, 0.15) is 5.69 Å². The van der Waals surface area contributed by atoms with Crippen molar-refractivity contribution in [3.05, 3.63) is 82.5 Å². The molecule has 1 aliphatic rings. The van der Waals surface area contributed by atoms with Gasteiger partial charge in [-0.1, -0.05) is 48.0 Å². The van der Waals surface area contributed by atoms with Crippen LogP contribution < -0.4 is 5.32 Å². The maximum atomic E-state index is 12.9. The summed E-state index contributed by atoms with van der Waals surface area (Å²) in [4.78, 5) is 38.0. The molecule has 2 amide bonds. The molecule has 0 bridgehead atoms.